The predicted octanol–water partition coefficient (Wildman–Crippen LogP) is 3.87. The molecular weight excluding hydrogens is 334 g/mol. The number of carbonyl (C=O) groups is 1. The minimum atomic E-state index is -1.36. The first-order valence-corrected chi connectivity index (χ1v) is 7.93. The van der Waals surface area contributed by atoms with Crippen LogP contribution in [-0.4, -0.2) is 29.0 Å². The van der Waals surface area contributed by atoms with E-state index in [4.69, 9.17) is 14.9 Å². The van der Waals surface area contributed by atoms with E-state index < -0.39 is 17.3 Å². The van der Waals surface area contributed by atoms with E-state index in [1.54, 1.807) is 13.0 Å². The minimum Gasteiger partial charge on any atom is -0.512 e. The third-order valence-corrected chi connectivity index (χ3v) is 3.80. The second-order valence-corrected chi connectivity index (χ2v) is 5.74. The number of carboxylic acid groups (broad SMARTS) is 1. The zero-order valence-corrected chi connectivity index (χ0v) is 14.9. The molecule has 0 aliphatic carbocycles. The molecule has 0 unspecified atom stereocenters. The summed E-state index contributed by atoms with van der Waals surface area (Å²) in [6.45, 7) is 3.37. The SMILES string of the molecule is COc1cc(C(=N)C(C(=O)O)=C(C)O)cc(C)c1OCc1ccccc1. The molecule has 3 N–H and O–H groups in total. The van der Waals surface area contributed by atoms with Gasteiger partial charge in [0.2, 0.25) is 0 Å². The number of ether oxygens (including phenoxy) is 2. The molecule has 6 nitrogen and oxygen atoms in total. The van der Waals surface area contributed by atoms with Gasteiger partial charge in [-0.3, -0.25) is 5.41 Å². The molecule has 0 aliphatic heterocycles. The van der Waals surface area contributed by atoms with Crippen molar-refractivity contribution in [3.05, 3.63) is 70.5 Å². The quantitative estimate of drug-likeness (QED) is 0.398. The topological polar surface area (TPSA) is 99.8 Å². The molecule has 0 saturated carbocycles. The Labute approximate surface area is 151 Å². The molecule has 6 heteroatoms. The first-order valence-electron chi connectivity index (χ1n) is 7.93. The van der Waals surface area contributed by atoms with Crippen LogP contribution in [0.15, 0.2) is 53.8 Å². The molecule has 0 fully saturated rings. The van der Waals surface area contributed by atoms with Crippen LogP contribution in [0.2, 0.25) is 0 Å². The zero-order valence-electron chi connectivity index (χ0n) is 14.9. The number of aliphatic hydroxyl groups excluding tert-OH is 1. The number of aliphatic carboxylic acids is 1. The molecule has 2 aromatic rings. The highest BCUT2D eigenvalue weighted by atomic mass is 16.5. The van der Waals surface area contributed by atoms with Crippen molar-refractivity contribution in [2.24, 2.45) is 0 Å². The van der Waals surface area contributed by atoms with Gasteiger partial charge in [0.15, 0.2) is 11.5 Å². The van der Waals surface area contributed by atoms with Gasteiger partial charge >= 0.3 is 5.97 Å². The number of hydrogen-bond donors (Lipinski definition) is 3. The molecule has 2 aromatic carbocycles. The monoisotopic (exact) mass is 355 g/mol. The van der Waals surface area contributed by atoms with E-state index in [9.17, 15) is 15.0 Å². The van der Waals surface area contributed by atoms with Gasteiger partial charge < -0.3 is 19.7 Å². The number of benzene rings is 2. The lowest BCUT2D eigenvalue weighted by Crippen LogP contribution is -2.15. The van der Waals surface area contributed by atoms with Crippen molar-refractivity contribution in [3.8, 4) is 11.5 Å². The zero-order chi connectivity index (χ0) is 19.3. The molecular formula is C20H21NO5. The maximum Gasteiger partial charge on any atom is 0.341 e. The predicted molar refractivity (Wildman–Crippen MR) is 98.3 cm³/mol. The first-order chi connectivity index (χ1) is 12.3. The summed E-state index contributed by atoms with van der Waals surface area (Å²) in [7, 11) is 1.47. The Balaban J connectivity index is 2.36. The van der Waals surface area contributed by atoms with E-state index >= 15 is 0 Å². The van der Waals surface area contributed by atoms with E-state index in [1.807, 2.05) is 30.3 Å². The fraction of sp³-hybridized carbons (Fsp3) is 0.200. The van der Waals surface area contributed by atoms with Gasteiger partial charge in [-0.1, -0.05) is 30.3 Å². The van der Waals surface area contributed by atoms with Crippen LogP contribution in [0.3, 0.4) is 0 Å². The summed E-state index contributed by atoms with van der Waals surface area (Å²) in [5, 5.41) is 26.9. The standard InChI is InChI=1S/C20H21NO5/c1-12-9-15(18(21)17(13(2)22)20(23)24)10-16(25-3)19(12)26-11-14-7-5-4-6-8-14/h4-10,21-22H,11H2,1-3H3,(H,23,24). The molecule has 0 atom stereocenters. The summed E-state index contributed by atoms with van der Waals surface area (Å²) in [5.74, 6) is -0.880. The Morgan fingerprint density at radius 2 is 1.81 bits per heavy atom. The molecule has 136 valence electrons. The van der Waals surface area contributed by atoms with Crippen LogP contribution in [-0.2, 0) is 11.4 Å². The highest BCUT2D eigenvalue weighted by molar-refractivity contribution is 6.25. The van der Waals surface area contributed by atoms with Gasteiger partial charge in [0.25, 0.3) is 0 Å². The number of rotatable bonds is 7. The van der Waals surface area contributed by atoms with E-state index in [1.165, 1.54) is 20.1 Å². The summed E-state index contributed by atoms with van der Waals surface area (Å²) in [5.41, 5.74) is 1.26. The first kappa shape index (κ1) is 19.1. The fourth-order valence-corrected chi connectivity index (χ4v) is 2.54. The number of carboxylic acids is 1. The Morgan fingerprint density at radius 1 is 1.15 bits per heavy atom. The summed E-state index contributed by atoms with van der Waals surface area (Å²) in [4.78, 5) is 11.3. The Morgan fingerprint density at radius 3 is 2.35 bits per heavy atom. The van der Waals surface area contributed by atoms with Gasteiger partial charge in [0, 0.05) is 5.56 Å². The van der Waals surface area contributed by atoms with Crippen molar-refractivity contribution in [2.45, 2.75) is 20.5 Å². The van der Waals surface area contributed by atoms with Gasteiger partial charge in [-0.2, -0.15) is 0 Å². The average molecular weight is 355 g/mol. The van der Waals surface area contributed by atoms with Crippen LogP contribution in [0.25, 0.3) is 0 Å². The third kappa shape index (κ3) is 4.22. The highest BCUT2D eigenvalue weighted by Gasteiger charge is 2.21. The van der Waals surface area contributed by atoms with Crippen LogP contribution in [0.5, 0.6) is 11.5 Å². The van der Waals surface area contributed by atoms with Crippen molar-refractivity contribution in [2.75, 3.05) is 7.11 Å². The van der Waals surface area contributed by atoms with Gasteiger partial charge in [0.05, 0.1) is 12.8 Å². The molecule has 0 heterocycles. The van der Waals surface area contributed by atoms with Crippen LogP contribution in [0.1, 0.15) is 23.6 Å². The number of methoxy groups -OCH3 is 1. The van der Waals surface area contributed by atoms with Gasteiger partial charge in [-0.15, -0.1) is 0 Å². The number of hydrogen-bond acceptors (Lipinski definition) is 5. The molecule has 26 heavy (non-hydrogen) atoms. The van der Waals surface area contributed by atoms with E-state index in [0.29, 0.717) is 29.2 Å². The van der Waals surface area contributed by atoms with Crippen LogP contribution >= 0.6 is 0 Å². The lowest BCUT2D eigenvalue weighted by Gasteiger charge is -2.16. The number of aryl methyl sites for hydroxylation is 1. The molecule has 2 rings (SSSR count). The summed E-state index contributed by atoms with van der Waals surface area (Å²) in [6.07, 6.45) is 0. The second-order valence-electron chi connectivity index (χ2n) is 5.74. The molecule has 0 radical (unpaired) electrons. The van der Waals surface area contributed by atoms with Crippen LogP contribution < -0.4 is 9.47 Å². The van der Waals surface area contributed by atoms with Gasteiger partial charge in [0.1, 0.15) is 17.9 Å². The summed E-state index contributed by atoms with van der Waals surface area (Å²) in [6, 6.07) is 12.8. The van der Waals surface area contributed by atoms with Crippen molar-refractivity contribution in [1.29, 1.82) is 5.41 Å². The lowest BCUT2D eigenvalue weighted by molar-refractivity contribution is -0.132. The van der Waals surface area contributed by atoms with E-state index in [0.717, 1.165) is 5.56 Å². The molecule has 0 saturated heterocycles. The average Bonchev–Trinajstić information content (AvgIpc) is 2.60. The van der Waals surface area contributed by atoms with E-state index in [-0.39, 0.29) is 5.71 Å². The van der Waals surface area contributed by atoms with Gasteiger partial charge in [-0.05, 0) is 37.1 Å². The Hall–Kier alpha value is -3.28. The third-order valence-electron chi connectivity index (χ3n) is 3.80. The minimum absolute atomic E-state index is 0.298. The highest BCUT2D eigenvalue weighted by Crippen LogP contribution is 2.34. The smallest absolute Gasteiger partial charge is 0.341 e. The van der Waals surface area contributed by atoms with Crippen molar-refractivity contribution in [3.63, 3.8) is 0 Å². The largest absolute Gasteiger partial charge is 0.512 e. The second kappa shape index (κ2) is 8.20. The van der Waals surface area contributed by atoms with Crippen molar-refractivity contribution >= 4 is 11.7 Å². The molecule has 0 spiro atoms. The summed E-state index contributed by atoms with van der Waals surface area (Å²) < 4.78 is 11.2. The molecule has 0 aliphatic rings. The maximum atomic E-state index is 11.3. The molecule has 0 aromatic heterocycles. The Kier molecular flexibility index (Phi) is 6.01. The van der Waals surface area contributed by atoms with E-state index in [2.05, 4.69) is 0 Å². The van der Waals surface area contributed by atoms with Gasteiger partial charge in [-0.25, -0.2) is 4.79 Å². The van der Waals surface area contributed by atoms with Crippen LogP contribution in [0, 0.1) is 12.3 Å². The summed E-state index contributed by atoms with van der Waals surface area (Å²) >= 11 is 0. The molecule has 0 amide bonds. The number of nitrogens with one attached hydrogen (secondary N) is 1. The molecule has 0 bridgehead atoms. The fourth-order valence-electron chi connectivity index (χ4n) is 2.54. The maximum absolute atomic E-state index is 11.3. The van der Waals surface area contributed by atoms with Crippen molar-refractivity contribution < 1.29 is 24.5 Å². The normalized spacial score (nSPS) is 11.5. The lowest BCUT2D eigenvalue weighted by atomic mass is 9.99. The van der Waals surface area contributed by atoms with Crippen molar-refractivity contribution in [1.82, 2.24) is 0 Å². The number of aliphatic hydroxyl groups is 1. The number of allylic oxidation sites excluding steroid dienone is 1. The Bertz CT molecular complexity index is 852. The van der Waals surface area contributed by atoms with Crippen LogP contribution in [0.4, 0.5) is 0 Å².